The van der Waals surface area contributed by atoms with Crippen LogP contribution in [0.3, 0.4) is 0 Å². The van der Waals surface area contributed by atoms with Crippen LogP contribution in [-0.4, -0.2) is 6.79 Å². The van der Waals surface area contributed by atoms with Crippen molar-refractivity contribution in [2.75, 3.05) is 6.79 Å². The largest absolute Gasteiger partial charge is 0.544 e. The van der Waals surface area contributed by atoms with Crippen LogP contribution >= 0.6 is 7.82 Å². The third-order valence-corrected chi connectivity index (χ3v) is 1.72. The quantitative estimate of drug-likeness (QED) is 0.388. The Morgan fingerprint density at radius 2 is 2.38 bits per heavy atom. The van der Waals surface area contributed by atoms with Gasteiger partial charge >= 0.3 is 7.82 Å². The Hall–Kier alpha value is -0.560. The summed E-state index contributed by atoms with van der Waals surface area (Å²) in [7, 11) is -3.35. The van der Waals surface area contributed by atoms with Gasteiger partial charge in [0.05, 0.1) is 0 Å². The topological polar surface area (TPSA) is 68.5 Å². The summed E-state index contributed by atoms with van der Waals surface area (Å²) < 4.78 is 22.8. The Labute approximate surface area is 45.4 Å². The van der Waals surface area contributed by atoms with E-state index in [0.29, 0.717) is 0 Å². The summed E-state index contributed by atoms with van der Waals surface area (Å²) in [6.45, 7) is -0.0566. The van der Waals surface area contributed by atoms with Gasteiger partial charge < -0.3 is 4.52 Å². The van der Waals surface area contributed by atoms with Gasteiger partial charge in [-0.15, -0.1) is 5.26 Å². The smallest absolute Gasteiger partial charge is 0.328 e. The Morgan fingerprint density at radius 3 is 2.50 bits per heavy atom. The molecule has 8 heavy (non-hydrogen) atoms. The van der Waals surface area contributed by atoms with E-state index in [1.165, 1.54) is 6.26 Å². The Morgan fingerprint density at radius 1 is 1.75 bits per heavy atom. The molecule has 1 rings (SSSR count). The molecule has 0 radical (unpaired) electrons. The van der Waals surface area contributed by atoms with Gasteiger partial charge in [0.25, 0.3) is 6.26 Å². The van der Waals surface area contributed by atoms with Crippen molar-refractivity contribution in [2.24, 2.45) is 0 Å². The average molecular weight is 135 g/mol. The van der Waals surface area contributed by atoms with Crippen LogP contribution in [0.5, 0.6) is 0 Å². The molecule has 44 valence electrons. The van der Waals surface area contributed by atoms with E-state index in [1.54, 1.807) is 0 Å². The maximum Gasteiger partial charge on any atom is 0.544 e. The lowest BCUT2D eigenvalue weighted by Crippen LogP contribution is -2.10. The van der Waals surface area contributed by atoms with E-state index in [2.05, 4.69) is 13.6 Å². The SMILES string of the molecule is N#COP1(=O)OCO1. The minimum Gasteiger partial charge on any atom is -0.328 e. The van der Waals surface area contributed by atoms with E-state index in [4.69, 9.17) is 5.26 Å². The van der Waals surface area contributed by atoms with E-state index >= 15 is 0 Å². The van der Waals surface area contributed by atoms with Crippen LogP contribution in [-0.2, 0) is 18.1 Å². The van der Waals surface area contributed by atoms with Crippen molar-refractivity contribution in [1.82, 2.24) is 0 Å². The van der Waals surface area contributed by atoms with Gasteiger partial charge in [-0.3, -0.25) is 0 Å². The second-order valence-corrected chi connectivity index (χ2v) is 2.60. The maximum absolute atomic E-state index is 10.4. The molecule has 0 aromatic heterocycles. The van der Waals surface area contributed by atoms with Crippen molar-refractivity contribution < 1.29 is 18.1 Å². The maximum atomic E-state index is 10.4. The van der Waals surface area contributed by atoms with Gasteiger partial charge in [0.2, 0.25) is 0 Å². The first kappa shape index (κ1) is 5.57. The molecular weight excluding hydrogens is 133 g/mol. The molecule has 5 nitrogen and oxygen atoms in total. The lowest BCUT2D eigenvalue weighted by molar-refractivity contribution is -0.0271. The summed E-state index contributed by atoms with van der Waals surface area (Å²) in [5, 5.41) is 7.76. The zero-order valence-electron chi connectivity index (χ0n) is 3.73. The third kappa shape index (κ3) is 0.819. The molecular formula is C2H2NO4P. The fourth-order valence-electron chi connectivity index (χ4n) is 0.241. The number of rotatable bonds is 1. The summed E-state index contributed by atoms with van der Waals surface area (Å²) in [6.07, 6.45) is 1.20. The summed E-state index contributed by atoms with van der Waals surface area (Å²) in [5.74, 6) is 0. The average Bonchev–Trinajstić information content (AvgIpc) is 1.64. The summed E-state index contributed by atoms with van der Waals surface area (Å²) in [4.78, 5) is 0. The van der Waals surface area contributed by atoms with Gasteiger partial charge in [-0.25, -0.2) is 13.6 Å². The monoisotopic (exact) mass is 135 g/mol. The molecule has 0 aromatic carbocycles. The molecule has 1 aliphatic heterocycles. The van der Waals surface area contributed by atoms with Crippen LogP contribution in [0.25, 0.3) is 0 Å². The minimum atomic E-state index is -3.35. The van der Waals surface area contributed by atoms with Crippen LogP contribution in [0.4, 0.5) is 0 Å². The third-order valence-electron chi connectivity index (χ3n) is 0.574. The van der Waals surface area contributed by atoms with E-state index in [-0.39, 0.29) is 6.79 Å². The normalized spacial score (nSPS) is 22.9. The van der Waals surface area contributed by atoms with Gasteiger partial charge in [-0.1, -0.05) is 0 Å². The lowest BCUT2D eigenvalue weighted by atomic mass is 11.6. The van der Waals surface area contributed by atoms with Gasteiger partial charge in [0, 0.05) is 0 Å². The second kappa shape index (κ2) is 1.75. The number of hydrogen-bond donors (Lipinski definition) is 0. The first-order valence-corrected chi connectivity index (χ1v) is 3.20. The molecule has 0 atom stereocenters. The zero-order valence-corrected chi connectivity index (χ0v) is 4.63. The molecule has 0 aromatic rings. The van der Waals surface area contributed by atoms with Crippen LogP contribution in [0.1, 0.15) is 0 Å². The van der Waals surface area contributed by atoms with E-state index in [0.717, 1.165) is 0 Å². The summed E-state index contributed by atoms with van der Waals surface area (Å²) >= 11 is 0. The van der Waals surface area contributed by atoms with Crippen molar-refractivity contribution in [2.45, 2.75) is 0 Å². The van der Waals surface area contributed by atoms with Crippen LogP contribution in [0, 0.1) is 11.5 Å². The Balaban J connectivity index is 2.45. The molecule has 0 amide bonds. The molecule has 0 N–H and O–H groups in total. The molecule has 0 saturated carbocycles. The molecule has 6 heteroatoms. The molecule has 0 aliphatic carbocycles. The first-order chi connectivity index (χ1) is 3.77. The van der Waals surface area contributed by atoms with Crippen LogP contribution in [0.15, 0.2) is 0 Å². The highest BCUT2D eigenvalue weighted by atomic mass is 31.2. The van der Waals surface area contributed by atoms with Crippen molar-refractivity contribution >= 4 is 7.82 Å². The van der Waals surface area contributed by atoms with Gasteiger partial charge in [0.1, 0.15) is 0 Å². The highest BCUT2D eigenvalue weighted by molar-refractivity contribution is 7.49. The van der Waals surface area contributed by atoms with Crippen LogP contribution < -0.4 is 0 Å². The predicted octanol–water partition coefficient (Wildman–Crippen LogP) is 0.596. The number of nitrogens with zero attached hydrogens (tertiary/aromatic N) is 1. The highest BCUT2D eigenvalue weighted by Gasteiger charge is 2.37. The predicted molar refractivity (Wildman–Crippen MR) is 21.3 cm³/mol. The Bertz CT molecular complexity index is 163. The summed E-state index contributed by atoms with van der Waals surface area (Å²) in [5.41, 5.74) is 0. The lowest BCUT2D eigenvalue weighted by Gasteiger charge is -2.20. The number of phosphoric acid groups is 1. The molecule has 0 spiro atoms. The Kier molecular flexibility index (Phi) is 1.22. The van der Waals surface area contributed by atoms with Gasteiger partial charge in [0.15, 0.2) is 6.79 Å². The number of nitriles is 1. The molecule has 0 unspecified atom stereocenters. The van der Waals surface area contributed by atoms with Gasteiger partial charge in [-0.2, -0.15) is 0 Å². The molecule has 1 heterocycles. The van der Waals surface area contributed by atoms with E-state index in [1.807, 2.05) is 0 Å². The molecule has 1 fully saturated rings. The highest BCUT2D eigenvalue weighted by Crippen LogP contribution is 2.56. The number of phosphoric ester groups is 1. The minimum absolute atomic E-state index is 0.0566. The summed E-state index contributed by atoms with van der Waals surface area (Å²) in [6, 6.07) is 0. The van der Waals surface area contributed by atoms with Crippen molar-refractivity contribution in [3.63, 3.8) is 0 Å². The zero-order chi connectivity index (χ0) is 6.04. The molecule has 1 aliphatic rings. The van der Waals surface area contributed by atoms with E-state index in [9.17, 15) is 4.57 Å². The standard InChI is InChI=1S/C2H2NO4P/c3-1-5-8(4)6-2-7-8/h2H2. The molecule has 0 bridgehead atoms. The van der Waals surface area contributed by atoms with Crippen LogP contribution in [0.2, 0.25) is 0 Å². The van der Waals surface area contributed by atoms with Crippen molar-refractivity contribution in [1.29, 1.82) is 5.26 Å². The second-order valence-electron chi connectivity index (χ2n) is 1.01. The first-order valence-electron chi connectivity index (χ1n) is 1.74. The molecule has 1 saturated heterocycles. The fourth-order valence-corrected chi connectivity index (χ4v) is 0.724. The van der Waals surface area contributed by atoms with Crippen molar-refractivity contribution in [3.8, 4) is 6.26 Å². The number of hydrogen-bond acceptors (Lipinski definition) is 5. The van der Waals surface area contributed by atoms with Crippen molar-refractivity contribution in [3.05, 3.63) is 0 Å². The van der Waals surface area contributed by atoms with E-state index < -0.39 is 7.82 Å². The fraction of sp³-hybridized carbons (Fsp3) is 0.500. The van der Waals surface area contributed by atoms with Gasteiger partial charge in [-0.05, 0) is 0 Å².